The van der Waals surface area contributed by atoms with Gasteiger partial charge in [-0.05, 0) is 24.6 Å². The van der Waals surface area contributed by atoms with Crippen molar-refractivity contribution in [1.82, 2.24) is 4.98 Å². The van der Waals surface area contributed by atoms with E-state index < -0.39 is 17.6 Å². The van der Waals surface area contributed by atoms with Crippen molar-refractivity contribution in [3.63, 3.8) is 0 Å². The summed E-state index contributed by atoms with van der Waals surface area (Å²) in [6, 6.07) is 1.59. The fourth-order valence-corrected chi connectivity index (χ4v) is 1.56. The molecule has 2 rings (SSSR count). The Morgan fingerprint density at radius 1 is 1.20 bits per heavy atom. The van der Waals surface area contributed by atoms with Crippen molar-refractivity contribution in [3.8, 4) is 0 Å². The Morgan fingerprint density at radius 2 is 1.87 bits per heavy atom. The fraction of sp³-hybridized carbons (Fsp3) is 0.200. The third-order valence-electron chi connectivity index (χ3n) is 2.27. The maximum atomic E-state index is 13.0. The van der Waals surface area contributed by atoms with E-state index in [4.69, 9.17) is 0 Å². The van der Waals surface area contributed by atoms with Crippen LogP contribution in [0.3, 0.4) is 0 Å². The van der Waals surface area contributed by atoms with Crippen molar-refractivity contribution in [2.75, 3.05) is 0 Å². The van der Waals surface area contributed by atoms with E-state index in [2.05, 4.69) is 4.98 Å². The molecule has 1 heterocycles. The van der Waals surface area contributed by atoms with E-state index >= 15 is 0 Å². The number of nitrogens with one attached hydrogen (secondary N) is 1. The van der Waals surface area contributed by atoms with Crippen molar-refractivity contribution in [3.05, 3.63) is 35.3 Å². The summed E-state index contributed by atoms with van der Waals surface area (Å²) in [6.45, 7) is 1.62. The third kappa shape index (κ3) is 1.58. The van der Waals surface area contributed by atoms with Crippen molar-refractivity contribution in [2.45, 2.75) is 13.1 Å². The number of aryl methyl sites for hydroxylation is 1. The lowest BCUT2D eigenvalue weighted by Gasteiger charge is -2.08. The lowest BCUT2D eigenvalue weighted by Crippen LogP contribution is -2.06. The molecular weight excluding hydrogens is 210 g/mol. The number of halogens is 4. The molecule has 0 saturated heterocycles. The van der Waals surface area contributed by atoms with Crippen LogP contribution in [0.15, 0.2) is 18.3 Å². The van der Waals surface area contributed by atoms with Gasteiger partial charge in [0.15, 0.2) is 0 Å². The standard InChI is InChI=1S/C10H7F4N/c1-5-4-15-9-7(5)2-6(11)3-8(9)10(12,13)14/h2-4,15H,1H3. The molecule has 5 heteroatoms. The number of H-pyrrole nitrogens is 1. The van der Waals surface area contributed by atoms with E-state index in [1.165, 1.54) is 6.20 Å². The van der Waals surface area contributed by atoms with Gasteiger partial charge in [-0.1, -0.05) is 0 Å². The fourth-order valence-electron chi connectivity index (χ4n) is 1.56. The molecule has 0 bridgehead atoms. The van der Waals surface area contributed by atoms with Crippen molar-refractivity contribution >= 4 is 10.9 Å². The van der Waals surface area contributed by atoms with Gasteiger partial charge in [0.2, 0.25) is 0 Å². The van der Waals surface area contributed by atoms with E-state index in [-0.39, 0.29) is 10.9 Å². The molecule has 0 aliphatic rings. The molecule has 0 radical (unpaired) electrons. The van der Waals surface area contributed by atoms with Crippen LogP contribution >= 0.6 is 0 Å². The number of rotatable bonds is 0. The first-order valence-electron chi connectivity index (χ1n) is 4.24. The van der Waals surface area contributed by atoms with Gasteiger partial charge in [0, 0.05) is 11.6 Å². The topological polar surface area (TPSA) is 15.8 Å². The molecular formula is C10H7F4N. The molecule has 2 aromatic rings. The highest BCUT2D eigenvalue weighted by Gasteiger charge is 2.34. The molecule has 0 aliphatic heterocycles. The van der Waals surface area contributed by atoms with Crippen LogP contribution in [0.4, 0.5) is 17.6 Å². The molecule has 0 unspecified atom stereocenters. The SMILES string of the molecule is Cc1c[nH]c2c(C(F)(F)F)cc(F)cc12. The molecule has 1 aromatic carbocycles. The summed E-state index contributed by atoms with van der Waals surface area (Å²) >= 11 is 0. The summed E-state index contributed by atoms with van der Waals surface area (Å²) in [7, 11) is 0. The van der Waals surface area contributed by atoms with E-state index in [1.54, 1.807) is 6.92 Å². The number of aromatic nitrogens is 1. The number of hydrogen-bond acceptors (Lipinski definition) is 0. The highest BCUT2D eigenvalue weighted by atomic mass is 19.4. The van der Waals surface area contributed by atoms with Gasteiger partial charge in [-0.15, -0.1) is 0 Å². The average molecular weight is 217 g/mol. The molecule has 15 heavy (non-hydrogen) atoms. The Kier molecular flexibility index (Phi) is 1.99. The Hall–Kier alpha value is -1.52. The monoisotopic (exact) mass is 217 g/mol. The number of alkyl halides is 3. The van der Waals surface area contributed by atoms with Gasteiger partial charge in [-0.25, -0.2) is 4.39 Å². The lowest BCUT2D eigenvalue weighted by molar-refractivity contribution is -0.136. The zero-order valence-corrected chi connectivity index (χ0v) is 7.74. The number of aromatic amines is 1. The van der Waals surface area contributed by atoms with E-state index in [9.17, 15) is 17.6 Å². The minimum Gasteiger partial charge on any atom is -0.360 e. The zero-order valence-electron chi connectivity index (χ0n) is 7.74. The molecule has 0 saturated carbocycles. The van der Waals surface area contributed by atoms with Crippen LogP contribution in [0.2, 0.25) is 0 Å². The quantitative estimate of drug-likeness (QED) is 0.648. The number of benzene rings is 1. The maximum absolute atomic E-state index is 13.0. The van der Waals surface area contributed by atoms with E-state index in [1.807, 2.05) is 0 Å². The van der Waals surface area contributed by atoms with Crippen molar-refractivity contribution < 1.29 is 17.6 Å². The second-order valence-electron chi connectivity index (χ2n) is 3.35. The Morgan fingerprint density at radius 3 is 2.47 bits per heavy atom. The van der Waals surface area contributed by atoms with Gasteiger partial charge in [0.1, 0.15) is 5.82 Å². The molecule has 0 atom stereocenters. The predicted molar refractivity (Wildman–Crippen MR) is 48.0 cm³/mol. The van der Waals surface area contributed by atoms with Gasteiger partial charge < -0.3 is 4.98 Å². The Bertz CT molecular complexity index is 510. The van der Waals surface area contributed by atoms with Crippen LogP contribution in [-0.2, 0) is 6.18 Å². The highest BCUT2D eigenvalue weighted by Crippen LogP contribution is 2.35. The highest BCUT2D eigenvalue weighted by molar-refractivity contribution is 5.86. The minimum absolute atomic E-state index is 0.0681. The van der Waals surface area contributed by atoms with Gasteiger partial charge in [0.25, 0.3) is 0 Å². The largest absolute Gasteiger partial charge is 0.418 e. The van der Waals surface area contributed by atoms with Crippen LogP contribution in [0.1, 0.15) is 11.1 Å². The molecule has 1 nitrogen and oxygen atoms in total. The summed E-state index contributed by atoms with van der Waals surface area (Å²) < 4.78 is 50.5. The summed E-state index contributed by atoms with van der Waals surface area (Å²) in [5.74, 6) is -0.877. The Labute approximate surface area is 82.7 Å². The minimum atomic E-state index is -4.54. The first kappa shape index (κ1) is 10.0. The predicted octanol–water partition coefficient (Wildman–Crippen LogP) is 3.63. The van der Waals surface area contributed by atoms with Crippen LogP contribution in [0.25, 0.3) is 10.9 Å². The van der Waals surface area contributed by atoms with Crippen molar-refractivity contribution in [2.24, 2.45) is 0 Å². The third-order valence-corrected chi connectivity index (χ3v) is 2.27. The van der Waals surface area contributed by atoms with Crippen molar-refractivity contribution in [1.29, 1.82) is 0 Å². The zero-order chi connectivity index (χ0) is 11.2. The summed E-state index contributed by atoms with van der Waals surface area (Å²) in [5, 5.41) is 0.266. The van der Waals surface area contributed by atoms with Crippen LogP contribution in [0, 0.1) is 12.7 Å². The van der Waals surface area contributed by atoms with Crippen LogP contribution in [0.5, 0.6) is 0 Å². The van der Waals surface area contributed by atoms with Crippen LogP contribution in [-0.4, -0.2) is 4.98 Å². The normalized spacial score (nSPS) is 12.3. The average Bonchev–Trinajstić information content (AvgIpc) is 2.45. The second-order valence-corrected chi connectivity index (χ2v) is 3.35. The molecule has 0 aliphatic carbocycles. The molecule has 1 N–H and O–H groups in total. The number of fused-ring (bicyclic) bond motifs is 1. The molecule has 80 valence electrons. The van der Waals surface area contributed by atoms with E-state index in [0.717, 1.165) is 6.07 Å². The van der Waals surface area contributed by atoms with Gasteiger partial charge >= 0.3 is 6.18 Å². The maximum Gasteiger partial charge on any atom is 0.418 e. The van der Waals surface area contributed by atoms with Gasteiger partial charge in [-0.2, -0.15) is 13.2 Å². The first-order chi connectivity index (χ1) is 6.89. The van der Waals surface area contributed by atoms with E-state index in [0.29, 0.717) is 11.6 Å². The molecule has 0 fully saturated rings. The molecule has 0 spiro atoms. The van der Waals surface area contributed by atoms with Gasteiger partial charge in [-0.3, -0.25) is 0 Å². The number of hydrogen-bond donors (Lipinski definition) is 1. The van der Waals surface area contributed by atoms with Gasteiger partial charge in [0.05, 0.1) is 11.1 Å². The van der Waals surface area contributed by atoms with Crippen LogP contribution < -0.4 is 0 Å². The first-order valence-corrected chi connectivity index (χ1v) is 4.24. The second kappa shape index (κ2) is 2.98. The molecule has 0 amide bonds. The lowest BCUT2D eigenvalue weighted by atomic mass is 10.1. The summed E-state index contributed by atoms with van der Waals surface area (Å²) in [5.41, 5.74) is -0.443. The Balaban J connectivity index is 2.84. The summed E-state index contributed by atoms with van der Waals surface area (Å²) in [6.07, 6.45) is -3.11. The molecule has 1 aromatic heterocycles. The smallest absolute Gasteiger partial charge is 0.360 e. The summed E-state index contributed by atoms with van der Waals surface area (Å²) in [4.78, 5) is 2.50.